The second-order valence-electron chi connectivity index (χ2n) is 3.72. The number of carbonyl (C=O) groups excluding carboxylic acids is 3. The Morgan fingerprint density at radius 1 is 1.39 bits per heavy atom. The molecule has 0 bridgehead atoms. The summed E-state index contributed by atoms with van der Waals surface area (Å²) in [5.74, 6) is -1.20. The van der Waals surface area contributed by atoms with Gasteiger partial charge in [0.05, 0.1) is 31.0 Å². The minimum Gasteiger partial charge on any atom is -0.465 e. The molecule has 0 aliphatic heterocycles. The molecule has 6 nitrogen and oxygen atoms in total. The Labute approximate surface area is 105 Å². The highest BCUT2D eigenvalue weighted by atomic mass is 16.5. The molecule has 0 radical (unpaired) electrons. The van der Waals surface area contributed by atoms with Crippen LogP contribution in [0.5, 0.6) is 0 Å². The number of hydrogen-bond acceptors (Lipinski definition) is 5. The highest BCUT2D eigenvalue weighted by Gasteiger charge is 2.19. The number of methoxy groups -OCH3 is 1. The van der Waals surface area contributed by atoms with Gasteiger partial charge in [0.25, 0.3) is 0 Å². The normalized spacial score (nSPS) is 9.72. The largest absolute Gasteiger partial charge is 0.465 e. The summed E-state index contributed by atoms with van der Waals surface area (Å²) in [6, 6.07) is 1.46. The summed E-state index contributed by atoms with van der Waals surface area (Å²) in [5, 5.41) is 0. The lowest BCUT2D eigenvalue weighted by molar-refractivity contribution is -0.125. The molecular weight excluding hydrogens is 236 g/mol. The number of ketones is 1. The predicted molar refractivity (Wildman–Crippen MR) is 64.3 cm³/mol. The number of carbonyl (C=O) groups is 3. The van der Waals surface area contributed by atoms with Crippen LogP contribution in [-0.4, -0.2) is 36.8 Å². The molecule has 1 heterocycles. The van der Waals surface area contributed by atoms with Crippen molar-refractivity contribution in [3.8, 4) is 0 Å². The van der Waals surface area contributed by atoms with Crippen molar-refractivity contribution in [2.45, 2.75) is 13.3 Å². The molecule has 1 amide bonds. The molecule has 0 aromatic carbocycles. The van der Waals surface area contributed by atoms with Gasteiger partial charge in [0, 0.05) is 13.2 Å². The Hall–Kier alpha value is -2.24. The first kappa shape index (κ1) is 13.8. The quantitative estimate of drug-likeness (QED) is 0.583. The third kappa shape index (κ3) is 3.13. The van der Waals surface area contributed by atoms with Crippen molar-refractivity contribution in [2.24, 2.45) is 0 Å². The van der Waals surface area contributed by atoms with Crippen LogP contribution < -0.4 is 4.90 Å². The Balaban J connectivity index is 3.05. The standard InChI is InChI=1S/C12H14N2O4/c1-8(15)6-11(16)14(2)10-7-13-5-4-9(10)12(17)18-3/h4-5,7H,6H2,1-3H3. The maximum Gasteiger partial charge on any atom is 0.340 e. The van der Waals surface area contributed by atoms with E-state index in [4.69, 9.17) is 0 Å². The molecular formula is C12H14N2O4. The Kier molecular flexibility index (Phi) is 4.53. The average molecular weight is 250 g/mol. The molecule has 0 unspecified atom stereocenters. The van der Waals surface area contributed by atoms with Gasteiger partial charge in [-0.1, -0.05) is 0 Å². The summed E-state index contributed by atoms with van der Waals surface area (Å²) in [6.45, 7) is 1.33. The number of nitrogens with zero attached hydrogens (tertiary/aromatic N) is 2. The van der Waals surface area contributed by atoms with Crippen LogP contribution in [0.3, 0.4) is 0 Å². The van der Waals surface area contributed by atoms with E-state index in [9.17, 15) is 14.4 Å². The molecule has 96 valence electrons. The van der Waals surface area contributed by atoms with E-state index in [1.165, 1.54) is 44.4 Å². The number of esters is 1. The summed E-state index contributed by atoms with van der Waals surface area (Å²) in [6.07, 6.45) is 2.59. The number of amides is 1. The first-order chi connectivity index (χ1) is 8.47. The molecule has 0 N–H and O–H groups in total. The SMILES string of the molecule is COC(=O)c1ccncc1N(C)C(=O)CC(C)=O. The summed E-state index contributed by atoms with van der Waals surface area (Å²) in [4.78, 5) is 39.3. The van der Waals surface area contributed by atoms with E-state index in [2.05, 4.69) is 9.72 Å². The monoisotopic (exact) mass is 250 g/mol. The molecule has 6 heteroatoms. The number of pyridine rings is 1. The maximum atomic E-state index is 11.7. The minimum atomic E-state index is -0.560. The third-order valence-electron chi connectivity index (χ3n) is 2.34. The predicted octanol–water partition coefficient (Wildman–Crippen LogP) is 0.810. The van der Waals surface area contributed by atoms with Gasteiger partial charge in [0.15, 0.2) is 0 Å². The Morgan fingerprint density at radius 3 is 2.61 bits per heavy atom. The fraction of sp³-hybridized carbons (Fsp3) is 0.333. The number of hydrogen-bond donors (Lipinski definition) is 0. The Bertz CT molecular complexity index is 485. The van der Waals surface area contributed by atoms with Gasteiger partial charge >= 0.3 is 5.97 Å². The molecule has 18 heavy (non-hydrogen) atoms. The number of ether oxygens (including phenoxy) is 1. The van der Waals surface area contributed by atoms with Gasteiger partial charge in [-0.05, 0) is 13.0 Å². The van der Waals surface area contributed by atoms with Gasteiger partial charge in [-0.2, -0.15) is 0 Å². The van der Waals surface area contributed by atoms with Gasteiger partial charge in [-0.25, -0.2) is 4.79 Å². The summed E-state index contributed by atoms with van der Waals surface area (Å²) >= 11 is 0. The highest BCUT2D eigenvalue weighted by molar-refractivity contribution is 6.07. The van der Waals surface area contributed by atoms with E-state index < -0.39 is 11.9 Å². The summed E-state index contributed by atoms with van der Waals surface area (Å²) in [5.41, 5.74) is 0.544. The lowest BCUT2D eigenvalue weighted by atomic mass is 10.2. The van der Waals surface area contributed by atoms with Crippen LogP contribution in [0.2, 0.25) is 0 Å². The van der Waals surface area contributed by atoms with Crippen LogP contribution in [0.25, 0.3) is 0 Å². The molecule has 1 aromatic heterocycles. The average Bonchev–Trinajstić information content (AvgIpc) is 2.36. The highest BCUT2D eigenvalue weighted by Crippen LogP contribution is 2.19. The van der Waals surface area contributed by atoms with E-state index in [1.54, 1.807) is 0 Å². The smallest absolute Gasteiger partial charge is 0.340 e. The molecule has 1 aromatic rings. The van der Waals surface area contributed by atoms with Gasteiger partial charge in [-0.15, -0.1) is 0 Å². The molecule has 1 rings (SSSR count). The second kappa shape index (κ2) is 5.90. The van der Waals surface area contributed by atoms with Crippen LogP contribution in [0, 0.1) is 0 Å². The van der Waals surface area contributed by atoms with Crippen LogP contribution in [0.1, 0.15) is 23.7 Å². The van der Waals surface area contributed by atoms with E-state index in [0.29, 0.717) is 5.69 Å². The molecule has 0 aliphatic carbocycles. The number of aromatic nitrogens is 1. The molecule has 0 atom stereocenters. The van der Waals surface area contributed by atoms with Gasteiger partial charge in [-0.3, -0.25) is 14.6 Å². The molecule has 0 spiro atoms. The number of Topliss-reactive ketones (excluding diaryl/α,β-unsaturated/α-hetero) is 1. The van der Waals surface area contributed by atoms with Crippen molar-refractivity contribution in [2.75, 3.05) is 19.1 Å². The van der Waals surface area contributed by atoms with E-state index in [0.717, 1.165) is 0 Å². The topological polar surface area (TPSA) is 76.6 Å². The number of rotatable bonds is 4. The summed E-state index contributed by atoms with van der Waals surface area (Å²) < 4.78 is 4.62. The molecule has 0 aliphatic rings. The van der Waals surface area contributed by atoms with E-state index >= 15 is 0 Å². The molecule has 0 saturated carbocycles. The lowest BCUT2D eigenvalue weighted by Gasteiger charge is -2.18. The van der Waals surface area contributed by atoms with Gasteiger partial charge in [0.1, 0.15) is 5.78 Å². The van der Waals surface area contributed by atoms with E-state index in [-0.39, 0.29) is 17.8 Å². The van der Waals surface area contributed by atoms with Crippen molar-refractivity contribution < 1.29 is 19.1 Å². The van der Waals surface area contributed by atoms with Crippen LogP contribution >= 0.6 is 0 Å². The maximum absolute atomic E-state index is 11.7. The van der Waals surface area contributed by atoms with Gasteiger partial charge in [0.2, 0.25) is 5.91 Å². The van der Waals surface area contributed by atoms with Crippen LogP contribution in [0.4, 0.5) is 5.69 Å². The second-order valence-corrected chi connectivity index (χ2v) is 3.72. The van der Waals surface area contributed by atoms with E-state index in [1.807, 2.05) is 0 Å². The zero-order chi connectivity index (χ0) is 13.7. The minimum absolute atomic E-state index is 0.216. The Morgan fingerprint density at radius 2 is 2.06 bits per heavy atom. The van der Waals surface area contributed by atoms with Crippen molar-refractivity contribution in [3.05, 3.63) is 24.0 Å². The van der Waals surface area contributed by atoms with Crippen molar-refractivity contribution in [3.63, 3.8) is 0 Å². The lowest BCUT2D eigenvalue weighted by Crippen LogP contribution is -2.29. The zero-order valence-electron chi connectivity index (χ0n) is 10.5. The van der Waals surface area contributed by atoms with Crippen molar-refractivity contribution in [1.29, 1.82) is 0 Å². The summed E-state index contributed by atoms with van der Waals surface area (Å²) in [7, 11) is 2.73. The van der Waals surface area contributed by atoms with Crippen molar-refractivity contribution >= 4 is 23.3 Å². The first-order valence-corrected chi connectivity index (χ1v) is 5.25. The first-order valence-electron chi connectivity index (χ1n) is 5.25. The molecule has 0 saturated heterocycles. The fourth-order valence-electron chi connectivity index (χ4n) is 1.40. The molecule has 0 fully saturated rings. The van der Waals surface area contributed by atoms with Gasteiger partial charge < -0.3 is 9.64 Å². The van der Waals surface area contributed by atoms with Crippen LogP contribution in [-0.2, 0) is 14.3 Å². The third-order valence-corrected chi connectivity index (χ3v) is 2.34. The zero-order valence-corrected chi connectivity index (χ0v) is 10.5. The fourth-order valence-corrected chi connectivity index (χ4v) is 1.40. The van der Waals surface area contributed by atoms with Crippen LogP contribution in [0.15, 0.2) is 18.5 Å². The van der Waals surface area contributed by atoms with Crippen molar-refractivity contribution in [1.82, 2.24) is 4.98 Å². The number of anilines is 1.